The van der Waals surface area contributed by atoms with E-state index < -0.39 is 0 Å². The van der Waals surface area contributed by atoms with Gasteiger partial charge in [0.15, 0.2) is 5.17 Å². The van der Waals surface area contributed by atoms with Crippen molar-refractivity contribution >= 4 is 22.8 Å². The topological polar surface area (TPSA) is 53.5 Å². The summed E-state index contributed by atoms with van der Waals surface area (Å²) in [4.78, 5) is 15.8. The molecule has 1 aliphatic rings. The molecule has 0 bridgehead atoms. The molecule has 0 aromatic carbocycles. The van der Waals surface area contributed by atoms with E-state index in [2.05, 4.69) is 29.5 Å². The number of nitrogens with zero attached hydrogens (tertiary/aromatic N) is 1. The molecule has 0 aromatic rings. The number of carbonyl (C=O) groups excluding carboxylic acids is 1. The maximum absolute atomic E-state index is 11.4. The molecule has 92 valence electrons. The molecule has 2 atom stereocenters. The number of hydrogen-bond acceptors (Lipinski definition) is 3. The fourth-order valence-corrected chi connectivity index (χ4v) is 2.26. The van der Waals surface area contributed by atoms with Gasteiger partial charge in [-0.2, -0.15) is 0 Å². The molecule has 1 heterocycles. The SMILES string of the molecule is CCC(C)NC(=O)CCN=C1NC(C)CS1. The lowest BCUT2D eigenvalue weighted by Gasteiger charge is -2.10. The van der Waals surface area contributed by atoms with Crippen molar-refractivity contribution in [3.05, 3.63) is 0 Å². The largest absolute Gasteiger partial charge is 0.362 e. The summed E-state index contributed by atoms with van der Waals surface area (Å²) in [7, 11) is 0. The first-order valence-corrected chi connectivity index (χ1v) is 6.83. The Kier molecular flexibility index (Phi) is 5.66. The van der Waals surface area contributed by atoms with Crippen LogP contribution in [0.5, 0.6) is 0 Å². The Balaban J connectivity index is 2.17. The average molecular weight is 243 g/mol. The van der Waals surface area contributed by atoms with Crippen molar-refractivity contribution in [1.29, 1.82) is 0 Å². The molecule has 0 saturated carbocycles. The fraction of sp³-hybridized carbons (Fsp3) is 0.818. The van der Waals surface area contributed by atoms with Gasteiger partial charge in [-0.05, 0) is 20.3 Å². The maximum atomic E-state index is 11.4. The van der Waals surface area contributed by atoms with Gasteiger partial charge in [0, 0.05) is 24.3 Å². The number of hydrogen-bond donors (Lipinski definition) is 2. The van der Waals surface area contributed by atoms with Gasteiger partial charge in [-0.25, -0.2) is 0 Å². The highest BCUT2D eigenvalue weighted by Gasteiger charge is 2.15. The van der Waals surface area contributed by atoms with E-state index >= 15 is 0 Å². The third-order valence-electron chi connectivity index (χ3n) is 2.45. The number of thioether (sulfide) groups is 1. The Morgan fingerprint density at radius 3 is 3.06 bits per heavy atom. The van der Waals surface area contributed by atoms with Crippen molar-refractivity contribution in [2.45, 2.75) is 45.7 Å². The van der Waals surface area contributed by atoms with Crippen LogP contribution in [0.2, 0.25) is 0 Å². The Morgan fingerprint density at radius 2 is 2.50 bits per heavy atom. The zero-order valence-corrected chi connectivity index (χ0v) is 11.1. The molecule has 2 unspecified atom stereocenters. The molecule has 0 spiro atoms. The van der Waals surface area contributed by atoms with Gasteiger partial charge in [-0.3, -0.25) is 9.79 Å². The minimum Gasteiger partial charge on any atom is -0.362 e. The molecule has 1 fully saturated rings. The number of rotatable bonds is 5. The molecule has 0 radical (unpaired) electrons. The molecule has 0 aliphatic carbocycles. The smallest absolute Gasteiger partial charge is 0.222 e. The first kappa shape index (κ1) is 13.4. The Morgan fingerprint density at radius 1 is 1.75 bits per heavy atom. The van der Waals surface area contributed by atoms with Gasteiger partial charge in [-0.1, -0.05) is 18.7 Å². The first-order chi connectivity index (χ1) is 7.61. The van der Waals surface area contributed by atoms with E-state index in [4.69, 9.17) is 0 Å². The maximum Gasteiger partial charge on any atom is 0.222 e. The quantitative estimate of drug-likeness (QED) is 0.767. The second-order valence-corrected chi connectivity index (χ2v) is 5.18. The number of aliphatic imine (C=N–C) groups is 1. The lowest BCUT2D eigenvalue weighted by Crippen LogP contribution is -2.32. The third-order valence-corrected chi connectivity index (χ3v) is 3.64. The van der Waals surface area contributed by atoms with Gasteiger partial charge < -0.3 is 10.6 Å². The number of amides is 1. The van der Waals surface area contributed by atoms with Crippen LogP contribution in [0.25, 0.3) is 0 Å². The van der Waals surface area contributed by atoms with E-state index in [9.17, 15) is 4.79 Å². The van der Waals surface area contributed by atoms with Gasteiger partial charge in [0.25, 0.3) is 0 Å². The number of nitrogens with one attached hydrogen (secondary N) is 2. The molecule has 2 N–H and O–H groups in total. The monoisotopic (exact) mass is 243 g/mol. The van der Waals surface area contributed by atoms with Gasteiger partial charge in [0.2, 0.25) is 5.91 Å². The van der Waals surface area contributed by atoms with Crippen molar-refractivity contribution in [1.82, 2.24) is 10.6 Å². The number of carbonyl (C=O) groups is 1. The molecule has 0 aromatic heterocycles. The molecule has 1 aliphatic heterocycles. The second-order valence-electron chi connectivity index (χ2n) is 4.17. The predicted octanol–water partition coefficient (Wildman–Crippen LogP) is 1.37. The van der Waals surface area contributed by atoms with Crippen LogP contribution in [0, 0.1) is 0 Å². The second kappa shape index (κ2) is 6.78. The summed E-state index contributed by atoms with van der Waals surface area (Å²) in [6.07, 6.45) is 1.44. The molecular weight excluding hydrogens is 222 g/mol. The van der Waals surface area contributed by atoms with Crippen molar-refractivity contribution in [3.8, 4) is 0 Å². The summed E-state index contributed by atoms with van der Waals surface area (Å²) in [5, 5.41) is 7.16. The molecule has 5 heteroatoms. The zero-order chi connectivity index (χ0) is 12.0. The van der Waals surface area contributed by atoms with Crippen LogP contribution in [0.3, 0.4) is 0 Å². The average Bonchev–Trinajstić information content (AvgIpc) is 2.64. The van der Waals surface area contributed by atoms with E-state index in [-0.39, 0.29) is 11.9 Å². The van der Waals surface area contributed by atoms with E-state index in [1.807, 2.05) is 6.92 Å². The Bertz CT molecular complexity index is 268. The molecular formula is C11H21N3OS. The van der Waals surface area contributed by atoms with Gasteiger partial charge in [-0.15, -0.1) is 0 Å². The van der Waals surface area contributed by atoms with Crippen LogP contribution in [0.4, 0.5) is 0 Å². The van der Waals surface area contributed by atoms with Crippen LogP contribution in [0.1, 0.15) is 33.6 Å². The summed E-state index contributed by atoms with van der Waals surface area (Å²) in [6.45, 7) is 6.78. The highest BCUT2D eigenvalue weighted by Crippen LogP contribution is 2.12. The highest BCUT2D eigenvalue weighted by molar-refractivity contribution is 8.14. The molecule has 16 heavy (non-hydrogen) atoms. The lowest BCUT2D eigenvalue weighted by atomic mass is 10.2. The molecule has 4 nitrogen and oxygen atoms in total. The Hall–Kier alpha value is -0.710. The van der Waals surface area contributed by atoms with Crippen molar-refractivity contribution in [2.75, 3.05) is 12.3 Å². The molecule has 1 amide bonds. The van der Waals surface area contributed by atoms with Crippen LogP contribution >= 0.6 is 11.8 Å². The summed E-state index contributed by atoms with van der Waals surface area (Å²) < 4.78 is 0. The first-order valence-electron chi connectivity index (χ1n) is 5.85. The fourth-order valence-electron chi connectivity index (χ4n) is 1.30. The standard InChI is InChI=1S/C11H21N3OS/c1-4-8(2)13-10(15)5-6-12-11-14-9(3)7-16-11/h8-9H,4-7H2,1-3H3,(H,12,14)(H,13,15). The van der Waals surface area contributed by atoms with E-state index in [1.54, 1.807) is 11.8 Å². The van der Waals surface area contributed by atoms with Gasteiger partial charge in [0.1, 0.15) is 0 Å². The normalized spacial score (nSPS) is 24.2. The summed E-state index contributed by atoms with van der Waals surface area (Å²) >= 11 is 1.73. The van der Waals surface area contributed by atoms with Crippen molar-refractivity contribution in [3.63, 3.8) is 0 Å². The highest BCUT2D eigenvalue weighted by atomic mass is 32.2. The minimum atomic E-state index is 0.0924. The summed E-state index contributed by atoms with van der Waals surface area (Å²) in [5.74, 6) is 1.16. The van der Waals surface area contributed by atoms with E-state index in [0.717, 1.165) is 17.3 Å². The van der Waals surface area contributed by atoms with E-state index in [0.29, 0.717) is 19.0 Å². The van der Waals surface area contributed by atoms with Gasteiger partial charge >= 0.3 is 0 Å². The number of amidine groups is 1. The van der Waals surface area contributed by atoms with Crippen LogP contribution < -0.4 is 10.6 Å². The lowest BCUT2D eigenvalue weighted by molar-refractivity contribution is -0.121. The van der Waals surface area contributed by atoms with E-state index in [1.165, 1.54) is 0 Å². The van der Waals surface area contributed by atoms with Crippen LogP contribution in [-0.4, -0.2) is 35.5 Å². The minimum absolute atomic E-state index is 0.0924. The van der Waals surface area contributed by atoms with Crippen LogP contribution in [0.15, 0.2) is 4.99 Å². The van der Waals surface area contributed by atoms with Gasteiger partial charge in [0.05, 0.1) is 6.54 Å². The zero-order valence-electron chi connectivity index (χ0n) is 10.2. The third kappa shape index (κ3) is 4.88. The predicted molar refractivity (Wildman–Crippen MR) is 69.9 cm³/mol. The molecule has 1 rings (SSSR count). The van der Waals surface area contributed by atoms with Crippen LogP contribution in [-0.2, 0) is 4.79 Å². The van der Waals surface area contributed by atoms with Crippen molar-refractivity contribution in [2.24, 2.45) is 4.99 Å². The van der Waals surface area contributed by atoms with Crippen molar-refractivity contribution < 1.29 is 4.79 Å². The summed E-state index contributed by atoms with van der Waals surface area (Å²) in [5.41, 5.74) is 0. The Labute approximate surface area is 102 Å². The molecule has 1 saturated heterocycles. The summed E-state index contributed by atoms with van der Waals surface area (Å²) in [6, 6.07) is 0.761.